The number of carbonyl (C=O) groups excluding carboxylic acids is 3. The van der Waals surface area contributed by atoms with Crippen LogP contribution in [0.15, 0.2) is 97.1 Å². The standard InChI is InChI=1S/C34H34N4O3/c1-24-13-15-25(16-14-24)28-9-4-5-10-29(28)33(40)35-27-19-17-26(18-20-27)34(41)38-23-32(39)37(22-8-21-36(2)3)30-11-6-7-12-31(30)38/h4-7,9-20H,8,21-23H2,1-3H3,(H,35,40). The number of hydrogen-bond acceptors (Lipinski definition) is 4. The van der Waals surface area contributed by atoms with Gasteiger partial charge >= 0.3 is 0 Å². The maximum atomic E-state index is 13.6. The second-order valence-electron chi connectivity index (χ2n) is 10.5. The number of para-hydroxylation sites is 2. The van der Waals surface area contributed by atoms with Crippen molar-refractivity contribution in [1.82, 2.24) is 4.90 Å². The molecular formula is C34H34N4O3. The monoisotopic (exact) mass is 546 g/mol. The third kappa shape index (κ3) is 6.21. The van der Waals surface area contributed by atoms with Crippen molar-refractivity contribution in [2.75, 3.05) is 48.8 Å². The van der Waals surface area contributed by atoms with Gasteiger partial charge in [-0.1, -0.05) is 60.2 Å². The highest BCUT2D eigenvalue weighted by atomic mass is 16.2. The molecule has 5 rings (SSSR count). The summed E-state index contributed by atoms with van der Waals surface area (Å²) in [5, 5.41) is 2.95. The summed E-state index contributed by atoms with van der Waals surface area (Å²) >= 11 is 0. The zero-order valence-corrected chi connectivity index (χ0v) is 23.6. The fraction of sp³-hybridized carbons (Fsp3) is 0.206. The van der Waals surface area contributed by atoms with Gasteiger partial charge in [-0.15, -0.1) is 0 Å². The molecule has 1 aliphatic rings. The Kier molecular flexibility index (Phi) is 8.26. The van der Waals surface area contributed by atoms with Gasteiger partial charge in [0.15, 0.2) is 0 Å². The summed E-state index contributed by atoms with van der Waals surface area (Å²) in [7, 11) is 4.01. The molecule has 7 nitrogen and oxygen atoms in total. The number of fused-ring (bicyclic) bond motifs is 1. The van der Waals surface area contributed by atoms with E-state index in [4.69, 9.17) is 0 Å². The third-order valence-electron chi connectivity index (χ3n) is 7.21. The maximum Gasteiger partial charge on any atom is 0.258 e. The summed E-state index contributed by atoms with van der Waals surface area (Å²) in [6.45, 7) is 3.47. The highest BCUT2D eigenvalue weighted by Gasteiger charge is 2.32. The van der Waals surface area contributed by atoms with Crippen molar-refractivity contribution in [3.05, 3.63) is 114 Å². The molecule has 0 spiro atoms. The Bertz CT molecular complexity index is 1560. The number of carbonyl (C=O) groups is 3. The minimum Gasteiger partial charge on any atom is -0.322 e. The Balaban J connectivity index is 1.31. The molecule has 1 heterocycles. The Labute approximate surface area is 241 Å². The van der Waals surface area contributed by atoms with Gasteiger partial charge in [-0.2, -0.15) is 0 Å². The molecule has 0 saturated carbocycles. The lowest BCUT2D eigenvalue weighted by Gasteiger charge is -2.36. The van der Waals surface area contributed by atoms with Gasteiger partial charge in [0.25, 0.3) is 11.8 Å². The van der Waals surface area contributed by atoms with Gasteiger partial charge in [0, 0.05) is 23.4 Å². The molecule has 3 amide bonds. The number of aryl methyl sites for hydroxylation is 1. The average Bonchev–Trinajstić information content (AvgIpc) is 2.98. The van der Waals surface area contributed by atoms with Gasteiger partial charge < -0.3 is 15.1 Å². The minimum atomic E-state index is -0.263. The molecule has 0 radical (unpaired) electrons. The number of benzene rings is 4. The van der Waals surface area contributed by atoms with E-state index in [0.717, 1.165) is 35.3 Å². The van der Waals surface area contributed by atoms with Crippen molar-refractivity contribution in [1.29, 1.82) is 0 Å². The van der Waals surface area contributed by atoms with Crippen molar-refractivity contribution >= 4 is 34.8 Å². The summed E-state index contributed by atoms with van der Waals surface area (Å²) in [5.74, 6) is -0.599. The summed E-state index contributed by atoms with van der Waals surface area (Å²) < 4.78 is 0. The molecule has 41 heavy (non-hydrogen) atoms. The van der Waals surface area contributed by atoms with Crippen LogP contribution in [-0.2, 0) is 4.79 Å². The molecule has 0 unspecified atom stereocenters. The van der Waals surface area contributed by atoms with Crippen molar-refractivity contribution in [2.24, 2.45) is 0 Å². The lowest BCUT2D eigenvalue weighted by atomic mass is 9.98. The van der Waals surface area contributed by atoms with Crippen LogP contribution in [-0.4, -0.2) is 56.4 Å². The van der Waals surface area contributed by atoms with Gasteiger partial charge in [-0.05, 0) is 87.6 Å². The van der Waals surface area contributed by atoms with Crippen LogP contribution >= 0.6 is 0 Å². The minimum absolute atomic E-state index is 0.0217. The normalized spacial score (nSPS) is 12.8. The topological polar surface area (TPSA) is 73.0 Å². The van der Waals surface area contributed by atoms with E-state index >= 15 is 0 Å². The lowest BCUT2D eigenvalue weighted by Crippen LogP contribution is -2.48. The predicted molar refractivity (Wildman–Crippen MR) is 165 cm³/mol. The molecule has 0 fully saturated rings. The molecule has 208 valence electrons. The van der Waals surface area contributed by atoms with Gasteiger partial charge in [0.05, 0.1) is 11.4 Å². The molecule has 1 N–H and O–H groups in total. The van der Waals surface area contributed by atoms with Crippen LogP contribution in [0.25, 0.3) is 11.1 Å². The summed E-state index contributed by atoms with van der Waals surface area (Å²) in [6.07, 6.45) is 0.837. The number of hydrogen-bond donors (Lipinski definition) is 1. The van der Waals surface area contributed by atoms with Crippen LogP contribution in [0.1, 0.15) is 32.7 Å². The molecule has 4 aromatic rings. The summed E-state index contributed by atoms with van der Waals surface area (Å²) in [5.41, 5.74) is 6.00. The molecule has 0 atom stereocenters. The first-order valence-corrected chi connectivity index (χ1v) is 13.8. The van der Waals surface area contributed by atoms with Gasteiger partial charge in [-0.3, -0.25) is 19.3 Å². The first-order chi connectivity index (χ1) is 19.8. The molecule has 0 aromatic heterocycles. The van der Waals surface area contributed by atoms with Gasteiger partial charge in [0.2, 0.25) is 5.91 Å². The molecule has 0 saturated heterocycles. The van der Waals surface area contributed by atoms with Crippen LogP contribution in [0.4, 0.5) is 17.1 Å². The van der Waals surface area contributed by atoms with Crippen LogP contribution in [0.2, 0.25) is 0 Å². The first kappa shape index (κ1) is 27.8. The quantitative estimate of drug-likeness (QED) is 0.301. The second-order valence-corrected chi connectivity index (χ2v) is 10.5. The SMILES string of the molecule is Cc1ccc(-c2ccccc2C(=O)Nc2ccc(C(=O)N3CC(=O)N(CCCN(C)C)c4ccccc43)cc2)cc1. The largest absolute Gasteiger partial charge is 0.322 e. The van der Waals surface area contributed by atoms with E-state index in [-0.39, 0.29) is 24.3 Å². The van der Waals surface area contributed by atoms with E-state index in [2.05, 4.69) is 10.2 Å². The number of rotatable bonds is 8. The molecule has 7 heteroatoms. The Morgan fingerprint density at radius 3 is 2.20 bits per heavy atom. The highest BCUT2D eigenvalue weighted by Crippen LogP contribution is 2.34. The van der Waals surface area contributed by atoms with E-state index < -0.39 is 0 Å². The molecule has 0 bridgehead atoms. The van der Waals surface area contributed by atoms with Crippen molar-refractivity contribution < 1.29 is 14.4 Å². The van der Waals surface area contributed by atoms with E-state index in [0.29, 0.717) is 29.0 Å². The van der Waals surface area contributed by atoms with Crippen molar-refractivity contribution in [2.45, 2.75) is 13.3 Å². The third-order valence-corrected chi connectivity index (χ3v) is 7.21. The Morgan fingerprint density at radius 1 is 0.829 bits per heavy atom. The molecular weight excluding hydrogens is 512 g/mol. The summed E-state index contributed by atoms with van der Waals surface area (Å²) in [4.78, 5) is 45.3. The van der Waals surface area contributed by atoms with Gasteiger partial charge in [0.1, 0.15) is 6.54 Å². The van der Waals surface area contributed by atoms with E-state index in [1.807, 2.05) is 87.7 Å². The average molecular weight is 547 g/mol. The number of anilines is 3. The predicted octanol–water partition coefficient (Wildman–Crippen LogP) is 5.86. The fourth-order valence-corrected chi connectivity index (χ4v) is 5.05. The van der Waals surface area contributed by atoms with Crippen LogP contribution in [0.5, 0.6) is 0 Å². The van der Waals surface area contributed by atoms with E-state index in [1.54, 1.807) is 35.2 Å². The Morgan fingerprint density at radius 2 is 1.49 bits per heavy atom. The smallest absolute Gasteiger partial charge is 0.258 e. The van der Waals surface area contributed by atoms with Crippen molar-refractivity contribution in [3.63, 3.8) is 0 Å². The lowest BCUT2D eigenvalue weighted by molar-refractivity contribution is -0.117. The number of nitrogens with zero attached hydrogens (tertiary/aromatic N) is 3. The molecule has 4 aromatic carbocycles. The Hall–Kier alpha value is -4.75. The maximum absolute atomic E-state index is 13.6. The zero-order chi connectivity index (χ0) is 28.9. The highest BCUT2D eigenvalue weighted by molar-refractivity contribution is 6.16. The van der Waals surface area contributed by atoms with Crippen LogP contribution in [0, 0.1) is 6.92 Å². The van der Waals surface area contributed by atoms with Crippen LogP contribution in [0.3, 0.4) is 0 Å². The van der Waals surface area contributed by atoms with E-state index in [9.17, 15) is 14.4 Å². The zero-order valence-electron chi connectivity index (χ0n) is 23.6. The molecule has 1 aliphatic heterocycles. The summed E-state index contributed by atoms with van der Waals surface area (Å²) in [6, 6.07) is 29.9. The van der Waals surface area contributed by atoms with Gasteiger partial charge in [-0.25, -0.2) is 0 Å². The second kappa shape index (κ2) is 12.2. The van der Waals surface area contributed by atoms with E-state index in [1.165, 1.54) is 4.90 Å². The molecule has 0 aliphatic carbocycles. The number of amides is 3. The van der Waals surface area contributed by atoms with Crippen LogP contribution < -0.4 is 15.1 Å². The number of nitrogens with one attached hydrogen (secondary N) is 1. The fourth-order valence-electron chi connectivity index (χ4n) is 5.05. The van der Waals surface area contributed by atoms with Crippen molar-refractivity contribution in [3.8, 4) is 11.1 Å². The first-order valence-electron chi connectivity index (χ1n) is 13.8.